The lowest BCUT2D eigenvalue weighted by atomic mass is 10.1. The summed E-state index contributed by atoms with van der Waals surface area (Å²) in [4.78, 5) is 12.0. The summed E-state index contributed by atoms with van der Waals surface area (Å²) in [7, 11) is 2.81. The molecule has 0 amide bonds. The van der Waals surface area contributed by atoms with Crippen LogP contribution in [-0.2, 0) is 20.9 Å². The minimum atomic E-state index is -2.83. The van der Waals surface area contributed by atoms with Crippen molar-refractivity contribution in [2.24, 2.45) is 0 Å². The van der Waals surface area contributed by atoms with Crippen molar-refractivity contribution in [2.45, 2.75) is 6.92 Å². The standard InChI is InChI=1S/C10H13O3PS/c1-8-6-4-5-7-9(8)10(11)14(15,12-2)13-3/h4-7H,1-3H3. The molecule has 0 unspecified atom stereocenters. The molecule has 0 heterocycles. The summed E-state index contributed by atoms with van der Waals surface area (Å²) in [5, 5.41) is 0. The van der Waals surface area contributed by atoms with Crippen molar-refractivity contribution < 1.29 is 13.8 Å². The smallest absolute Gasteiger partial charge is 0.259 e. The first-order chi connectivity index (χ1) is 7.05. The number of carbonyl (C=O) groups is 1. The summed E-state index contributed by atoms with van der Waals surface area (Å²) in [6.07, 6.45) is 0. The third kappa shape index (κ3) is 2.52. The van der Waals surface area contributed by atoms with Crippen LogP contribution in [-0.4, -0.2) is 19.7 Å². The van der Waals surface area contributed by atoms with E-state index in [2.05, 4.69) is 0 Å². The molecule has 0 saturated carbocycles. The van der Waals surface area contributed by atoms with E-state index in [1.807, 2.05) is 19.1 Å². The van der Waals surface area contributed by atoms with Crippen LogP contribution in [0.2, 0.25) is 0 Å². The molecule has 82 valence electrons. The highest BCUT2D eigenvalue weighted by Crippen LogP contribution is 2.50. The third-order valence-corrected chi connectivity index (χ3v) is 5.20. The van der Waals surface area contributed by atoms with Crippen molar-refractivity contribution in [3.63, 3.8) is 0 Å². The van der Waals surface area contributed by atoms with Gasteiger partial charge < -0.3 is 9.05 Å². The molecule has 0 N–H and O–H groups in total. The van der Waals surface area contributed by atoms with E-state index < -0.39 is 6.49 Å². The maximum atomic E-state index is 12.0. The van der Waals surface area contributed by atoms with Crippen molar-refractivity contribution >= 4 is 23.8 Å². The first kappa shape index (κ1) is 12.5. The summed E-state index contributed by atoms with van der Waals surface area (Å²) in [5.41, 5.74) is 1.22. The van der Waals surface area contributed by atoms with Crippen LogP contribution < -0.4 is 0 Å². The van der Waals surface area contributed by atoms with Gasteiger partial charge in [-0.15, -0.1) is 0 Å². The quantitative estimate of drug-likeness (QED) is 0.763. The van der Waals surface area contributed by atoms with E-state index in [0.29, 0.717) is 5.56 Å². The Bertz CT molecular complexity index is 409. The van der Waals surface area contributed by atoms with Crippen LogP contribution >= 0.6 is 6.49 Å². The van der Waals surface area contributed by atoms with Crippen molar-refractivity contribution in [2.75, 3.05) is 14.2 Å². The molecule has 0 aromatic heterocycles. The highest BCUT2D eigenvalue weighted by molar-refractivity contribution is 8.18. The number of hydrogen-bond donors (Lipinski definition) is 0. The molecule has 0 aliphatic heterocycles. The maximum absolute atomic E-state index is 12.0. The molecular formula is C10H13O3PS. The van der Waals surface area contributed by atoms with Gasteiger partial charge in [-0.1, -0.05) is 24.3 Å². The first-order valence-corrected chi connectivity index (χ1v) is 7.01. The van der Waals surface area contributed by atoms with Crippen LogP contribution in [0.3, 0.4) is 0 Å². The third-order valence-electron chi connectivity index (χ3n) is 2.10. The number of hydrogen-bond acceptors (Lipinski definition) is 4. The molecule has 5 heteroatoms. The Morgan fingerprint density at radius 1 is 1.27 bits per heavy atom. The summed E-state index contributed by atoms with van der Waals surface area (Å²) in [5.74, 6) is 0. The Morgan fingerprint density at radius 2 is 1.80 bits per heavy atom. The molecule has 0 aliphatic carbocycles. The zero-order valence-corrected chi connectivity index (χ0v) is 10.6. The SMILES string of the molecule is COP(=S)(OC)C(=O)c1ccccc1C. The Labute approximate surface area is 94.6 Å². The lowest BCUT2D eigenvalue weighted by molar-refractivity contribution is 0.104. The van der Waals surface area contributed by atoms with Crippen LogP contribution in [0.5, 0.6) is 0 Å². The van der Waals surface area contributed by atoms with Gasteiger partial charge in [-0.2, -0.15) is 0 Å². The lowest BCUT2D eigenvalue weighted by Gasteiger charge is -2.16. The summed E-state index contributed by atoms with van der Waals surface area (Å²) < 4.78 is 10.0. The molecule has 15 heavy (non-hydrogen) atoms. The summed E-state index contributed by atoms with van der Waals surface area (Å²) in [6.45, 7) is -0.967. The molecule has 1 aromatic rings. The van der Waals surface area contributed by atoms with Crippen molar-refractivity contribution in [1.82, 2.24) is 0 Å². The van der Waals surface area contributed by atoms with E-state index in [4.69, 9.17) is 20.9 Å². The summed E-state index contributed by atoms with van der Waals surface area (Å²) in [6, 6.07) is 7.26. The Balaban J connectivity index is 3.15. The average Bonchev–Trinajstić information content (AvgIpc) is 2.28. The van der Waals surface area contributed by atoms with E-state index in [9.17, 15) is 4.79 Å². The zero-order chi connectivity index (χ0) is 11.5. The second kappa shape index (κ2) is 4.99. The van der Waals surface area contributed by atoms with E-state index in [0.717, 1.165) is 5.56 Å². The van der Waals surface area contributed by atoms with Gasteiger partial charge in [0.05, 0.1) is 0 Å². The fourth-order valence-corrected chi connectivity index (χ4v) is 2.52. The molecule has 0 saturated heterocycles. The first-order valence-electron chi connectivity index (χ1n) is 4.37. The van der Waals surface area contributed by atoms with Gasteiger partial charge in [-0.3, -0.25) is 4.79 Å². The molecule has 0 aliphatic rings. The number of aryl methyl sites for hydroxylation is 1. The predicted octanol–water partition coefficient (Wildman–Crippen LogP) is 2.74. The molecule has 0 atom stereocenters. The molecular weight excluding hydrogens is 231 g/mol. The van der Waals surface area contributed by atoms with Crippen LogP contribution in [0.25, 0.3) is 0 Å². The molecule has 3 nitrogen and oxygen atoms in total. The predicted molar refractivity (Wildman–Crippen MR) is 63.8 cm³/mol. The van der Waals surface area contributed by atoms with Gasteiger partial charge in [0.25, 0.3) is 6.49 Å². The molecule has 1 rings (SSSR count). The Kier molecular flexibility index (Phi) is 4.17. The fraction of sp³-hybridized carbons (Fsp3) is 0.300. The molecule has 0 fully saturated rings. The largest absolute Gasteiger partial charge is 0.327 e. The summed E-state index contributed by atoms with van der Waals surface area (Å²) >= 11 is 5.09. The van der Waals surface area contributed by atoms with Crippen LogP contribution in [0.15, 0.2) is 24.3 Å². The Hall–Kier alpha value is -0.540. The zero-order valence-electron chi connectivity index (χ0n) is 8.89. The molecule has 0 bridgehead atoms. The second-order valence-corrected chi connectivity index (χ2v) is 6.56. The average molecular weight is 244 g/mol. The minimum Gasteiger partial charge on any atom is -0.327 e. The van der Waals surface area contributed by atoms with Gasteiger partial charge >= 0.3 is 0 Å². The van der Waals surface area contributed by atoms with Gasteiger partial charge in [-0.25, -0.2) is 0 Å². The van der Waals surface area contributed by atoms with E-state index in [1.165, 1.54) is 14.2 Å². The van der Waals surface area contributed by atoms with E-state index >= 15 is 0 Å². The van der Waals surface area contributed by atoms with Crippen LogP contribution in [0.1, 0.15) is 15.9 Å². The lowest BCUT2D eigenvalue weighted by Crippen LogP contribution is -2.05. The van der Waals surface area contributed by atoms with Crippen LogP contribution in [0.4, 0.5) is 0 Å². The highest BCUT2D eigenvalue weighted by Gasteiger charge is 2.28. The monoisotopic (exact) mass is 244 g/mol. The van der Waals surface area contributed by atoms with Crippen molar-refractivity contribution in [3.8, 4) is 0 Å². The van der Waals surface area contributed by atoms with Crippen LogP contribution in [0, 0.1) is 6.92 Å². The number of rotatable bonds is 4. The molecule has 0 spiro atoms. The van der Waals surface area contributed by atoms with E-state index in [1.54, 1.807) is 12.1 Å². The number of carbonyl (C=O) groups excluding carboxylic acids is 1. The Morgan fingerprint density at radius 3 is 2.27 bits per heavy atom. The van der Waals surface area contributed by atoms with Gasteiger partial charge in [-0.05, 0) is 24.3 Å². The van der Waals surface area contributed by atoms with Crippen molar-refractivity contribution in [1.29, 1.82) is 0 Å². The van der Waals surface area contributed by atoms with Gasteiger partial charge in [0.2, 0.25) is 5.52 Å². The molecule has 1 aromatic carbocycles. The topological polar surface area (TPSA) is 35.5 Å². The second-order valence-electron chi connectivity index (χ2n) is 2.98. The maximum Gasteiger partial charge on any atom is 0.259 e. The van der Waals surface area contributed by atoms with E-state index in [-0.39, 0.29) is 5.52 Å². The normalized spacial score (nSPS) is 11.4. The molecule has 0 radical (unpaired) electrons. The minimum absolute atomic E-state index is 0.236. The number of benzene rings is 1. The fourth-order valence-electron chi connectivity index (χ4n) is 1.20. The van der Waals surface area contributed by atoms with Gasteiger partial charge in [0.1, 0.15) is 0 Å². The highest BCUT2D eigenvalue weighted by atomic mass is 32.5. The van der Waals surface area contributed by atoms with Gasteiger partial charge in [0, 0.05) is 19.8 Å². The van der Waals surface area contributed by atoms with Gasteiger partial charge in [0.15, 0.2) is 0 Å². The van der Waals surface area contributed by atoms with Crippen molar-refractivity contribution in [3.05, 3.63) is 35.4 Å².